The van der Waals surface area contributed by atoms with Crippen molar-refractivity contribution in [1.29, 1.82) is 0 Å². The van der Waals surface area contributed by atoms with Crippen molar-refractivity contribution in [3.05, 3.63) is 96.3 Å². The number of benzene rings is 2. The second-order valence-corrected chi connectivity index (χ2v) is 8.23. The van der Waals surface area contributed by atoms with Gasteiger partial charge in [-0.25, -0.2) is 4.98 Å². The number of nitrogens with one attached hydrogen (secondary N) is 1. The number of para-hydroxylation sites is 1. The van der Waals surface area contributed by atoms with Crippen molar-refractivity contribution in [1.82, 2.24) is 20.2 Å². The summed E-state index contributed by atoms with van der Waals surface area (Å²) in [6.07, 6.45) is 3.42. The summed E-state index contributed by atoms with van der Waals surface area (Å²) in [5.41, 5.74) is 4.37. The van der Waals surface area contributed by atoms with E-state index in [1.165, 1.54) is 5.56 Å². The Hall–Kier alpha value is -3.61. The van der Waals surface area contributed by atoms with Crippen LogP contribution in [0.15, 0.2) is 85.2 Å². The molecule has 5 rings (SSSR count). The highest BCUT2D eigenvalue weighted by Crippen LogP contribution is 2.24. The second kappa shape index (κ2) is 9.90. The summed E-state index contributed by atoms with van der Waals surface area (Å²) in [4.78, 5) is 24.4. The van der Waals surface area contributed by atoms with Crippen LogP contribution in [0.5, 0.6) is 0 Å². The molecule has 6 heteroatoms. The lowest BCUT2D eigenvalue weighted by Crippen LogP contribution is -2.47. The van der Waals surface area contributed by atoms with Crippen molar-refractivity contribution in [2.45, 2.75) is 12.6 Å². The van der Waals surface area contributed by atoms with Gasteiger partial charge in [-0.05, 0) is 29.8 Å². The van der Waals surface area contributed by atoms with Crippen molar-refractivity contribution in [2.75, 3.05) is 26.2 Å². The van der Waals surface area contributed by atoms with Crippen LogP contribution >= 0.6 is 0 Å². The molecule has 1 aliphatic rings. The number of carbonyl (C=O) groups excluding carboxylic acids is 1. The lowest BCUT2D eigenvalue weighted by molar-refractivity contribution is -0.0292. The molecular formula is C27H26N4O2. The summed E-state index contributed by atoms with van der Waals surface area (Å²) in [6, 6.07) is 23.8. The number of aromatic nitrogens is 2. The molecule has 3 heterocycles. The van der Waals surface area contributed by atoms with Crippen LogP contribution in [-0.4, -0.2) is 53.1 Å². The summed E-state index contributed by atoms with van der Waals surface area (Å²) in [5, 5.41) is 3.93. The number of carbonyl (C=O) groups is 1. The summed E-state index contributed by atoms with van der Waals surface area (Å²) in [7, 11) is 0. The number of rotatable bonds is 6. The molecule has 0 spiro atoms. The third-order valence-corrected chi connectivity index (χ3v) is 5.90. The zero-order chi connectivity index (χ0) is 22.5. The Kier molecular flexibility index (Phi) is 6.37. The first-order valence-electron chi connectivity index (χ1n) is 11.2. The van der Waals surface area contributed by atoms with Gasteiger partial charge in [-0.15, -0.1) is 0 Å². The molecular weight excluding hydrogens is 412 g/mol. The monoisotopic (exact) mass is 438 g/mol. The third-order valence-electron chi connectivity index (χ3n) is 5.90. The smallest absolute Gasteiger partial charge is 0.252 e. The van der Waals surface area contributed by atoms with E-state index in [0.29, 0.717) is 18.7 Å². The van der Waals surface area contributed by atoms with Crippen LogP contribution in [0, 0.1) is 0 Å². The van der Waals surface area contributed by atoms with Crippen molar-refractivity contribution in [3.63, 3.8) is 0 Å². The Labute approximate surface area is 193 Å². The first-order chi connectivity index (χ1) is 16.3. The topological polar surface area (TPSA) is 67.4 Å². The van der Waals surface area contributed by atoms with Gasteiger partial charge in [0.15, 0.2) is 0 Å². The van der Waals surface area contributed by atoms with Crippen molar-refractivity contribution in [2.24, 2.45) is 0 Å². The van der Waals surface area contributed by atoms with Gasteiger partial charge in [0.1, 0.15) is 0 Å². The first kappa shape index (κ1) is 21.2. The minimum absolute atomic E-state index is 0.0424. The third kappa shape index (κ3) is 5.08. The molecule has 0 radical (unpaired) electrons. The maximum absolute atomic E-state index is 13.2. The molecule has 2 aromatic heterocycles. The highest BCUT2D eigenvalue weighted by Gasteiger charge is 2.22. The van der Waals surface area contributed by atoms with Gasteiger partial charge in [0.2, 0.25) is 0 Å². The fourth-order valence-electron chi connectivity index (χ4n) is 4.22. The molecule has 0 bridgehead atoms. The predicted octanol–water partition coefficient (Wildman–Crippen LogP) is 3.93. The number of morpholine rings is 1. The van der Waals surface area contributed by atoms with Crippen LogP contribution in [0.4, 0.5) is 0 Å². The molecule has 1 N–H and O–H groups in total. The van der Waals surface area contributed by atoms with Gasteiger partial charge in [-0.1, -0.05) is 48.5 Å². The van der Waals surface area contributed by atoms with Crippen molar-refractivity contribution < 1.29 is 9.53 Å². The summed E-state index contributed by atoms with van der Waals surface area (Å²) < 4.78 is 5.94. The Morgan fingerprint density at radius 1 is 1.03 bits per heavy atom. The zero-order valence-electron chi connectivity index (χ0n) is 18.4. The Balaban J connectivity index is 1.30. The summed E-state index contributed by atoms with van der Waals surface area (Å²) >= 11 is 0. The SMILES string of the molecule is O=C(NC[C@H]1CN(Cc2ccccc2)CCO1)c1cc(-c2ccncc2)nc2ccccc12. The van der Waals surface area contributed by atoms with E-state index in [0.717, 1.165) is 41.8 Å². The number of pyridine rings is 2. The fourth-order valence-corrected chi connectivity index (χ4v) is 4.22. The van der Waals surface area contributed by atoms with E-state index < -0.39 is 0 Å². The lowest BCUT2D eigenvalue weighted by Gasteiger charge is -2.33. The van der Waals surface area contributed by atoms with E-state index in [9.17, 15) is 4.79 Å². The molecule has 0 unspecified atom stereocenters. The maximum atomic E-state index is 13.2. The molecule has 1 atom stereocenters. The molecule has 0 aliphatic carbocycles. The minimum atomic E-state index is -0.118. The Bertz CT molecular complexity index is 1230. The Morgan fingerprint density at radius 2 is 1.82 bits per heavy atom. The van der Waals surface area contributed by atoms with E-state index in [1.54, 1.807) is 12.4 Å². The lowest BCUT2D eigenvalue weighted by atomic mass is 10.0. The molecule has 33 heavy (non-hydrogen) atoms. The summed E-state index contributed by atoms with van der Waals surface area (Å²) in [6.45, 7) is 3.69. The van der Waals surface area contributed by atoms with Crippen LogP contribution < -0.4 is 5.32 Å². The van der Waals surface area contributed by atoms with Crippen LogP contribution in [0.2, 0.25) is 0 Å². The molecule has 1 aliphatic heterocycles. The molecule has 1 fully saturated rings. The van der Waals surface area contributed by atoms with E-state index >= 15 is 0 Å². The van der Waals surface area contributed by atoms with Crippen molar-refractivity contribution in [3.8, 4) is 11.3 Å². The Morgan fingerprint density at radius 3 is 2.67 bits per heavy atom. The van der Waals surface area contributed by atoms with E-state index in [2.05, 4.69) is 39.5 Å². The van der Waals surface area contributed by atoms with E-state index in [4.69, 9.17) is 9.72 Å². The molecule has 1 saturated heterocycles. The normalized spacial score (nSPS) is 16.5. The molecule has 166 valence electrons. The van der Waals surface area contributed by atoms with Gasteiger partial charge < -0.3 is 10.1 Å². The highest BCUT2D eigenvalue weighted by atomic mass is 16.5. The number of amides is 1. The standard InChI is InChI=1S/C27H26N4O2/c32-27(29-17-22-19-31(14-15-33-22)18-20-6-2-1-3-7-20)24-16-26(21-10-12-28-13-11-21)30-25-9-5-4-8-23(24)25/h1-13,16,22H,14-15,17-19H2,(H,29,32)/t22-/m0/s1. The number of fused-ring (bicyclic) bond motifs is 1. The number of hydrogen-bond donors (Lipinski definition) is 1. The molecule has 4 aromatic rings. The van der Waals surface area contributed by atoms with Crippen LogP contribution in [0.25, 0.3) is 22.2 Å². The highest BCUT2D eigenvalue weighted by molar-refractivity contribution is 6.07. The van der Waals surface area contributed by atoms with Crippen LogP contribution in [-0.2, 0) is 11.3 Å². The van der Waals surface area contributed by atoms with Gasteiger partial charge in [0.25, 0.3) is 5.91 Å². The van der Waals surface area contributed by atoms with E-state index in [-0.39, 0.29) is 12.0 Å². The largest absolute Gasteiger partial charge is 0.374 e. The molecule has 1 amide bonds. The van der Waals surface area contributed by atoms with Gasteiger partial charge in [0, 0.05) is 49.5 Å². The zero-order valence-corrected chi connectivity index (χ0v) is 18.4. The maximum Gasteiger partial charge on any atom is 0.252 e. The predicted molar refractivity (Wildman–Crippen MR) is 129 cm³/mol. The molecule has 0 saturated carbocycles. The molecule has 2 aromatic carbocycles. The van der Waals surface area contributed by atoms with E-state index in [1.807, 2.05) is 48.5 Å². The first-order valence-corrected chi connectivity index (χ1v) is 11.2. The van der Waals surface area contributed by atoms with Crippen LogP contribution in [0.3, 0.4) is 0 Å². The molecule has 6 nitrogen and oxygen atoms in total. The second-order valence-electron chi connectivity index (χ2n) is 8.23. The minimum Gasteiger partial charge on any atom is -0.374 e. The average molecular weight is 439 g/mol. The fraction of sp³-hybridized carbons (Fsp3) is 0.222. The van der Waals surface area contributed by atoms with Gasteiger partial charge in [-0.3, -0.25) is 14.7 Å². The number of nitrogens with zero attached hydrogens (tertiary/aromatic N) is 3. The average Bonchev–Trinajstić information content (AvgIpc) is 2.88. The quantitative estimate of drug-likeness (QED) is 0.494. The van der Waals surface area contributed by atoms with Crippen LogP contribution in [0.1, 0.15) is 15.9 Å². The number of ether oxygens (including phenoxy) is 1. The number of hydrogen-bond acceptors (Lipinski definition) is 5. The summed E-state index contributed by atoms with van der Waals surface area (Å²) in [5.74, 6) is -0.118. The van der Waals surface area contributed by atoms with Gasteiger partial charge >= 0.3 is 0 Å². The van der Waals surface area contributed by atoms with Crippen molar-refractivity contribution >= 4 is 16.8 Å². The van der Waals surface area contributed by atoms with Gasteiger partial charge in [-0.2, -0.15) is 0 Å². The van der Waals surface area contributed by atoms with Gasteiger partial charge in [0.05, 0.1) is 29.5 Å².